The highest BCUT2D eigenvalue weighted by Crippen LogP contribution is 2.36. The molecule has 0 spiro atoms. The average Bonchev–Trinajstić information content (AvgIpc) is 3.20. The summed E-state index contributed by atoms with van der Waals surface area (Å²) in [5, 5.41) is 15.5. The standard InChI is InChI=1S/C21H25N5O2S/c27-13-12-25-8-10-26(11-9-25)18(28)6-7-22-20-19-17(16-4-2-1-3-5-16)14-29-21(19)24-15-23-20/h1-5,14-15,27H,6-13H2,(H,22,23,24). The van der Waals surface area contributed by atoms with E-state index in [1.807, 2.05) is 23.1 Å². The molecule has 2 aromatic heterocycles. The lowest BCUT2D eigenvalue weighted by molar-refractivity contribution is -0.132. The van der Waals surface area contributed by atoms with Crippen molar-refractivity contribution < 1.29 is 9.90 Å². The third kappa shape index (κ3) is 4.55. The Morgan fingerprint density at radius 3 is 2.69 bits per heavy atom. The van der Waals surface area contributed by atoms with Crippen LogP contribution >= 0.6 is 11.3 Å². The van der Waals surface area contributed by atoms with Crippen molar-refractivity contribution in [1.29, 1.82) is 0 Å². The Morgan fingerprint density at radius 2 is 1.93 bits per heavy atom. The van der Waals surface area contributed by atoms with Crippen LogP contribution in [0.3, 0.4) is 0 Å². The zero-order chi connectivity index (χ0) is 20.1. The molecule has 0 radical (unpaired) electrons. The number of aliphatic hydroxyl groups is 1. The van der Waals surface area contributed by atoms with Crippen LogP contribution in [0.15, 0.2) is 42.0 Å². The number of aromatic nitrogens is 2. The second-order valence-electron chi connectivity index (χ2n) is 7.04. The molecule has 29 heavy (non-hydrogen) atoms. The quantitative estimate of drug-likeness (QED) is 0.621. The second-order valence-corrected chi connectivity index (χ2v) is 7.90. The number of anilines is 1. The topological polar surface area (TPSA) is 81.6 Å². The van der Waals surface area contributed by atoms with Gasteiger partial charge in [0.05, 0.1) is 12.0 Å². The van der Waals surface area contributed by atoms with E-state index in [0.29, 0.717) is 19.5 Å². The Hall–Kier alpha value is -2.55. The number of piperazine rings is 1. The number of carbonyl (C=O) groups excluding carboxylic acids is 1. The van der Waals surface area contributed by atoms with Crippen LogP contribution < -0.4 is 5.32 Å². The first kappa shape index (κ1) is 19.8. The van der Waals surface area contributed by atoms with E-state index in [0.717, 1.165) is 53.3 Å². The largest absolute Gasteiger partial charge is 0.395 e. The normalized spacial score (nSPS) is 15.0. The van der Waals surface area contributed by atoms with Gasteiger partial charge in [-0.25, -0.2) is 9.97 Å². The number of nitrogens with one attached hydrogen (secondary N) is 1. The van der Waals surface area contributed by atoms with Gasteiger partial charge in [0.25, 0.3) is 0 Å². The maximum absolute atomic E-state index is 12.5. The van der Waals surface area contributed by atoms with E-state index < -0.39 is 0 Å². The monoisotopic (exact) mass is 411 g/mol. The van der Waals surface area contributed by atoms with Gasteiger partial charge < -0.3 is 15.3 Å². The van der Waals surface area contributed by atoms with Crippen molar-refractivity contribution in [1.82, 2.24) is 19.8 Å². The molecule has 1 aromatic carbocycles. The van der Waals surface area contributed by atoms with Crippen LogP contribution in [0.5, 0.6) is 0 Å². The van der Waals surface area contributed by atoms with Crippen LogP contribution in [0, 0.1) is 0 Å². The Morgan fingerprint density at radius 1 is 1.14 bits per heavy atom. The molecule has 1 saturated heterocycles. The first-order chi connectivity index (χ1) is 14.3. The summed E-state index contributed by atoms with van der Waals surface area (Å²) in [6.45, 7) is 4.46. The molecule has 2 N–H and O–H groups in total. The van der Waals surface area contributed by atoms with Gasteiger partial charge in [-0.05, 0) is 5.56 Å². The van der Waals surface area contributed by atoms with Gasteiger partial charge >= 0.3 is 0 Å². The lowest BCUT2D eigenvalue weighted by Gasteiger charge is -2.34. The van der Waals surface area contributed by atoms with Gasteiger partial charge in [-0.2, -0.15) is 0 Å². The summed E-state index contributed by atoms with van der Waals surface area (Å²) in [5.74, 6) is 0.927. The Kier molecular flexibility index (Phi) is 6.33. The molecule has 1 aliphatic rings. The van der Waals surface area contributed by atoms with Crippen LogP contribution in [0.1, 0.15) is 6.42 Å². The van der Waals surface area contributed by atoms with Gasteiger partial charge in [0.2, 0.25) is 5.91 Å². The predicted molar refractivity (Wildman–Crippen MR) is 116 cm³/mol. The predicted octanol–water partition coefficient (Wildman–Crippen LogP) is 2.30. The van der Waals surface area contributed by atoms with Crippen LogP contribution in [-0.2, 0) is 4.79 Å². The minimum Gasteiger partial charge on any atom is -0.395 e. The maximum Gasteiger partial charge on any atom is 0.224 e. The molecule has 0 saturated carbocycles. The number of carbonyl (C=O) groups is 1. The molecule has 0 aliphatic carbocycles. The smallest absolute Gasteiger partial charge is 0.224 e. The van der Waals surface area contributed by atoms with Gasteiger partial charge in [-0.15, -0.1) is 11.3 Å². The molecule has 7 nitrogen and oxygen atoms in total. The van der Waals surface area contributed by atoms with Crippen LogP contribution in [0.4, 0.5) is 5.82 Å². The summed E-state index contributed by atoms with van der Waals surface area (Å²) in [7, 11) is 0. The molecule has 1 aliphatic heterocycles. The van der Waals surface area contributed by atoms with E-state index in [9.17, 15) is 4.79 Å². The van der Waals surface area contributed by atoms with Gasteiger partial charge in [0, 0.05) is 56.6 Å². The number of fused-ring (bicyclic) bond motifs is 1. The molecule has 152 valence electrons. The Balaban J connectivity index is 1.39. The van der Waals surface area contributed by atoms with Crippen molar-refractivity contribution >= 4 is 33.3 Å². The zero-order valence-corrected chi connectivity index (χ0v) is 17.1. The molecule has 0 bridgehead atoms. The SMILES string of the molecule is O=C(CCNc1ncnc2scc(-c3ccccc3)c12)N1CCN(CCO)CC1. The van der Waals surface area contributed by atoms with Crippen molar-refractivity contribution in [3.63, 3.8) is 0 Å². The molecule has 0 atom stereocenters. The number of hydrogen-bond acceptors (Lipinski definition) is 7. The molecule has 0 unspecified atom stereocenters. The van der Waals surface area contributed by atoms with E-state index in [-0.39, 0.29) is 12.5 Å². The number of nitrogens with zero attached hydrogens (tertiary/aromatic N) is 4. The fraction of sp³-hybridized carbons (Fsp3) is 0.381. The van der Waals surface area contributed by atoms with Crippen molar-refractivity contribution in [2.45, 2.75) is 6.42 Å². The van der Waals surface area contributed by atoms with Crippen molar-refractivity contribution in [2.75, 3.05) is 51.2 Å². The molecule has 3 aromatic rings. The van der Waals surface area contributed by atoms with Gasteiger partial charge in [-0.1, -0.05) is 30.3 Å². The molecular formula is C21H25N5O2S. The molecule has 3 heterocycles. The molecular weight excluding hydrogens is 386 g/mol. The van der Waals surface area contributed by atoms with E-state index in [4.69, 9.17) is 5.11 Å². The highest BCUT2D eigenvalue weighted by molar-refractivity contribution is 7.17. The number of benzene rings is 1. The first-order valence-corrected chi connectivity index (χ1v) is 10.8. The zero-order valence-electron chi connectivity index (χ0n) is 16.3. The van der Waals surface area contributed by atoms with Crippen molar-refractivity contribution in [3.8, 4) is 11.1 Å². The summed E-state index contributed by atoms with van der Waals surface area (Å²) >= 11 is 1.60. The summed E-state index contributed by atoms with van der Waals surface area (Å²) in [5.41, 5.74) is 2.24. The van der Waals surface area contributed by atoms with E-state index in [1.165, 1.54) is 0 Å². The minimum absolute atomic E-state index is 0.153. The lowest BCUT2D eigenvalue weighted by Crippen LogP contribution is -2.49. The molecule has 8 heteroatoms. The fourth-order valence-corrected chi connectivity index (χ4v) is 4.56. The number of rotatable bonds is 7. The van der Waals surface area contributed by atoms with Crippen LogP contribution in [-0.4, -0.2) is 76.7 Å². The summed E-state index contributed by atoms with van der Waals surface area (Å²) < 4.78 is 0. The fourth-order valence-electron chi connectivity index (χ4n) is 3.65. The number of thiophene rings is 1. The van der Waals surface area contributed by atoms with Crippen LogP contribution in [0.25, 0.3) is 21.3 Å². The highest BCUT2D eigenvalue weighted by atomic mass is 32.1. The van der Waals surface area contributed by atoms with Gasteiger partial charge in [0.15, 0.2) is 0 Å². The van der Waals surface area contributed by atoms with E-state index >= 15 is 0 Å². The number of β-amino-alcohol motifs (C(OH)–C–C–N with tert-alkyl or cyclic N) is 1. The van der Waals surface area contributed by atoms with Gasteiger partial charge in [-0.3, -0.25) is 9.69 Å². The third-order valence-corrected chi connectivity index (χ3v) is 6.11. The van der Waals surface area contributed by atoms with Crippen molar-refractivity contribution in [3.05, 3.63) is 42.0 Å². The number of aliphatic hydroxyl groups excluding tert-OH is 1. The van der Waals surface area contributed by atoms with Crippen LogP contribution in [0.2, 0.25) is 0 Å². The second kappa shape index (κ2) is 9.30. The third-order valence-electron chi connectivity index (χ3n) is 5.23. The molecule has 1 fully saturated rings. The van der Waals surface area contributed by atoms with Gasteiger partial charge in [0.1, 0.15) is 17.0 Å². The van der Waals surface area contributed by atoms with E-state index in [1.54, 1.807) is 17.7 Å². The summed E-state index contributed by atoms with van der Waals surface area (Å²) in [4.78, 5) is 26.4. The maximum atomic E-state index is 12.5. The number of hydrogen-bond donors (Lipinski definition) is 2. The minimum atomic E-state index is 0.153. The Labute approximate surface area is 174 Å². The average molecular weight is 412 g/mol. The van der Waals surface area contributed by atoms with E-state index in [2.05, 4.69) is 37.7 Å². The lowest BCUT2D eigenvalue weighted by atomic mass is 10.1. The molecule has 1 amide bonds. The summed E-state index contributed by atoms with van der Waals surface area (Å²) in [6, 6.07) is 10.2. The first-order valence-electron chi connectivity index (χ1n) is 9.89. The highest BCUT2D eigenvalue weighted by Gasteiger charge is 2.20. The number of amides is 1. The summed E-state index contributed by atoms with van der Waals surface area (Å²) in [6.07, 6.45) is 1.99. The Bertz CT molecular complexity index is 954. The van der Waals surface area contributed by atoms with Crippen molar-refractivity contribution in [2.24, 2.45) is 0 Å². The molecule has 4 rings (SSSR count).